The molecule has 0 bridgehead atoms. The third-order valence-electron chi connectivity index (χ3n) is 7.95. The summed E-state index contributed by atoms with van der Waals surface area (Å²) in [7, 11) is 0. The van der Waals surface area contributed by atoms with Gasteiger partial charge in [-0.3, -0.25) is 14.9 Å². The lowest BCUT2D eigenvalue weighted by Gasteiger charge is -2.33. The Bertz CT molecular complexity index is 1400. The summed E-state index contributed by atoms with van der Waals surface area (Å²) in [4.78, 5) is 39.0. The number of anilines is 2. The number of amides is 4. The second kappa shape index (κ2) is 11.8. The average molecular weight is 557 g/mol. The summed E-state index contributed by atoms with van der Waals surface area (Å²) >= 11 is 0. The van der Waals surface area contributed by atoms with Crippen LogP contribution in [0.4, 0.5) is 16.3 Å². The third-order valence-corrected chi connectivity index (χ3v) is 7.95. The molecule has 9 heteroatoms. The maximum Gasteiger partial charge on any atom is 0.324 e. The highest BCUT2D eigenvalue weighted by Gasteiger charge is 2.32. The van der Waals surface area contributed by atoms with Gasteiger partial charge >= 0.3 is 6.03 Å². The summed E-state index contributed by atoms with van der Waals surface area (Å²) < 4.78 is 1.77. The molecule has 0 unspecified atom stereocenters. The van der Waals surface area contributed by atoms with Gasteiger partial charge in [-0.05, 0) is 68.4 Å². The van der Waals surface area contributed by atoms with E-state index in [1.54, 1.807) is 4.68 Å². The molecular weight excluding hydrogens is 516 g/mol. The lowest BCUT2D eigenvalue weighted by atomic mass is 9.90. The number of hydrogen-bond acceptors (Lipinski definition) is 4. The van der Waals surface area contributed by atoms with Crippen molar-refractivity contribution in [2.45, 2.75) is 71.3 Å². The molecule has 4 amide bonds. The molecule has 0 saturated carbocycles. The first-order valence-corrected chi connectivity index (χ1v) is 14.5. The fraction of sp³-hybridized carbons (Fsp3) is 0.438. The van der Waals surface area contributed by atoms with Crippen molar-refractivity contribution in [2.24, 2.45) is 5.92 Å². The number of piperidine rings is 1. The highest BCUT2D eigenvalue weighted by Crippen LogP contribution is 2.27. The largest absolute Gasteiger partial charge is 0.344 e. The van der Waals surface area contributed by atoms with Gasteiger partial charge < -0.3 is 15.5 Å². The van der Waals surface area contributed by atoms with Crippen molar-refractivity contribution < 1.29 is 14.4 Å². The average Bonchev–Trinajstić information content (AvgIpc) is 3.57. The number of urea groups is 1. The van der Waals surface area contributed by atoms with E-state index in [0.29, 0.717) is 30.3 Å². The van der Waals surface area contributed by atoms with Gasteiger partial charge in [0, 0.05) is 36.7 Å². The number of carbonyl (C=O) groups excluding carboxylic acids is 3. The molecule has 3 aromatic rings. The van der Waals surface area contributed by atoms with Gasteiger partial charge in [0.05, 0.1) is 11.4 Å². The van der Waals surface area contributed by atoms with Crippen LogP contribution in [0.2, 0.25) is 0 Å². The summed E-state index contributed by atoms with van der Waals surface area (Å²) in [6, 6.07) is 17.2. The highest BCUT2D eigenvalue weighted by molar-refractivity contribution is 5.99. The van der Waals surface area contributed by atoms with Crippen LogP contribution in [0.15, 0.2) is 54.6 Å². The maximum atomic E-state index is 13.0. The number of carbonyl (C=O) groups is 3. The van der Waals surface area contributed by atoms with Crippen molar-refractivity contribution in [1.82, 2.24) is 20.0 Å². The van der Waals surface area contributed by atoms with E-state index in [1.165, 1.54) is 5.56 Å². The zero-order valence-electron chi connectivity index (χ0n) is 24.4. The molecule has 1 aromatic heterocycles. The van der Waals surface area contributed by atoms with Crippen molar-refractivity contribution in [1.29, 1.82) is 0 Å². The summed E-state index contributed by atoms with van der Waals surface area (Å²) in [5.74, 6) is 1.13. The fourth-order valence-electron chi connectivity index (χ4n) is 5.43. The number of aromatic nitrogens is 2. The lowest BCUT2D eigenvalue weighted by Crippen LogP contribution is -2.47. The van der Waals surface area contributed by atoms with E-state index in [-0.39, 0.29) is 29.3 Å². The zero-order valence-corrected chi connectivity index (χ0v) is 24.4. The number of aryl methyl sites for hydroxylation is 1. The first-order chi connectivity index (χ1) is 19.5. The molecule has 0 spiro atoms. The zero-order chi connectivity index (χ0) is 29.1. The van der Waals surface area contributed by atoms with Crippen LogP contribution in [0.3, 0.4) is 0 Å². The summed E-state index contributed by atoms with van der Waals surface area (Å²) in [5.41, 5.74) is 4.67. The van der Waals surface area contributed by atoms with Crippen LogP contribution in [-0.2, 0) is 21.4 Å². The molecule has 2 fully saturated rings. The summed E-state index contributed by atoms with van der Waals surface area (Å²) in [6.07, 6.45) is 3.86. The van der Waals surface area contributed by atoms with Crippen molar-refractivity contribution in [3.8, 4) is 5.69 Å². The Morgan fingerprint density at radius 2 is 1.66 bits per heavy atom. The monoisotopic (exact) mass is 556 g/mol. The lowest BCUT2D eigenvalue weighted by molar-refractivity contribution is -0.135. The number of benzene rings is 2. The molecule has 2 aliphatic rings. The Labute approximate surface area is 241 Å². The molecule has 1 atom stereocenters. The number of likely N-dealkylation sites (tertiary alicyclic amines) is 1. The summed E-state index contributed by atoms with van der Waals surface area (Å²) in [6.45, 7) is 9.79. The molecule has 2 aromatic carbocycles. The van der Waals surface area contributed by atoms with Gasteiger partial charge in [-0.25, -0.2) is 9.48 Å². The number of nitrogens with zero attached hydrogens (tertiary/aromatic N) is 3. The minimum atomic E-state index is -0.347. The first kappa shape index (κ1) is 28.4. The Hall–Kier alpha value is -4.14. The predicted octanol–water partition coefficient (Wildman–Crippen LogP) is 5.18. The second-order valence-corrected chi connectivity index (χ2v) is 12.3. The van der Waals surface area contributed by atoms with Crippen LogP contribution in [0, 0.1) is 12.8 Å². The molecule has 0 radical (unpaired) electrons. The molecule has 216 valence electrons. The highest BCUT2D eigenvalue weighted by atomic mass is 16.2. The van der Waals surface area contributed by atoms with Gasteiger partial charge in [0.2, 0.25) is 11.8 Å². The quantitative estimate of drug-likeness (QED) is 0.389. The molecule has 41 heavy (non-hydrogen) atoms. The smallest absolute Gasteiger partial charge is 0.324 e. The van der Waals surface area contributed by atoms with E-state index in [0.717, 1.165) is 49.3 Å². The minimum Gasteiger partial charge on any atom is -0.344 e. The van der Waals surface area contributed by atoms with Gasteiger partial charge in [-0.15, -0.1) is 0 Å². The molecule has 3 N–H and O–H groups in total. The Morgan fingerprint density at radius 1 is 0.976 bits per heavy atom. The van der Waals surface area contributed by atoms with Crippen molar-refractivity contribution in [3.05, 3.63) is 71.4 Å². The third kappa shape index (κ3) is 6.96. The summed E-state index contributed by atoms with van der Waals surface area (Å²) in [5, 5.41) is 13.5. The van der Waals surface area contributed by atoms with Crippen LogP contribution in [-0.4, -0.2) is 51.7 Å². The Morgan fingerprint density at radius 3 is 2.27 bits per heavy atom. The van der Waals surface area contributed by atoms with Crippen molar-refractivity contribution in [2.75, 3.05) is 23.7 Å². The SMILES string of the molecule is Cc1ccc(-n2nc(C(C)(C)C)cc2NC(=O)Nc2ccc(CC3CCN(C(=O)[C@@H]4CCC(=O)N4)CC3)cc2)cc1. The molecular formula is C32H40N6O3. The molecule has 0 aliphatic carbocycles. The van der Waals surface area contributed by atoms with E-state index in [2.05, 4.69) is 48.9 Å². The number of rotatable bonds is 6. The number of nitrogens with one attached hydrogen (secondary N) is 3. The number of hydrogen-bond donors (Lipinski definition) is 3. The standard InChI is InChI=1S/C32H40N6O3/c1-21-5-11-25(12-6-21)38-28(20-27(36-38)32(2,3)4)35-31(41)33-24-9-7-22(8-10-24)19-23-15-17-37(18-16-23)30(40)26-13-14-29(39)34-26/h5-12,20,23,26H,13-19H2,1-4H3,(H,34,39)(H2,33,35,41)/t26-/m0/s1. The van der Waals surface area contributed by atoms with Crippen LogP contribution in [0.25, 0.3) is 5.69 Å². The molecule has 2 saturated heterocycles. The Kier molecular flexibility index (Phi) is 8.15. The van der Waals surface area contributed by atoms with E-state index < -0.39 is 0 Å². The van der Waals surface area contributed by atoms with Gasteiger partial charge in [0.15, 0.2) is 0 Å². The van der Waals surface area contributed by atoms with E-state index in [9.17, 15) is 14.4 Å². The predicted molar refractivity (Wildman–Crippen MR) is 160 cm³/mol. The van der Waals surface area contributed by atoms with Gasteiger partial charge in [0.25, 0.3) is 0 Å². The molecule has 2 aliphatic heterocycles. The van der Waals surface area contributed by atoms with E-state index in [1.807, 2.05) is 54.3 Å². The van der Waals surface area contributed by atoms with Gasteiger partial charge in [-0.2, -0.15) is 5.10 Å². The van der Waals surface area contributed by atoms with Crippen LogP contribution in [0.5, 0.6) is 0 Å². The first-order valence-electron chi connectivity index (χ1n) is 14.5. The Balaban J connectivity index is 1.15. The van der Waals surface area contributed by atoms with Crippen molar-refractivity contribution in [3.63, 3.8) is 0 Å². The molecule has 5 rings (SSSR count). The van der Waals surface area contributed by atoms with Crippen LogP contribution >= 0.6 is 0 Å². The van der Waals surface area contributed by atoms with Crippen LogP contribution in [0.1, 0.15) is 63.3 Å². The van der Waals surface area contributed by atoms with E-state index in [4.69, 9.17) is 5.10 Å². The molecule has 3 heterocycles. The van der Waals surface area contributed by atoms with Gasteiger partial charge in [-0.1, -0.05) is 50.6 Å². The van der Waals surface area contributed by atoms with Crippen molar-refractivity contribution >= 4 is 29.4 Å². The second-order valence-electron chi connectivity index (χ2n) is 12.3. The normalized spacial score (nSPS) is 17.8. The van der Waals surface area contributed by atoms with Gasteiger partial charge in [0.1, 0.15) is 11.9 Å². The molecule has 9 nitrogen and oxygen atoms in total. The van der Waals surface area contributed by atoms with E-state index >= 15 is 0 Å². The maximum absolute atomic E-state index is 13.0. The minimum absolute atomic E-state index is 0.0304. The fourth-order valence-corrected chi connectivity index (χ4v) is 5.43. The topological polar surface area (TPSA) is 108 Å². The van der Waals surface area contributed by atoms with Crippen LogP contribution < -0.4 is 16.0 Å².